The highest BCUT2D eigenvalue weighted by molar-refractivity contribution is 7.80. The normalized spacial score (nSPS) is 13.2. The lowest BCUT2D eigenvalue weighted by molar-refractivity contribution is -0.123. The van der Waals surface area contributed by atoms with Crippen LogP contribution in [0.3, 0.4) is 0 Å². The van der Waals surface area contributed by atoms with Gasteiger partial charge in [-0.2, -0.15) is 0 Å². The average Bonchev–Trinajstić information content (AvgIpc) is 2.75. The van der Waals surface area contributed by atoms with Gasteiger partial charge in [0, 0.05) is 0 Å². The lowest BCUT2D eigenvalue weighted by Gasteiger charge is -2.16. The van der Waals surface area contributed by atoms with E-state index in [4.69, 9.17) is 26.4 Å². The largest absolute Gasteiger partial charge is 0.493 e. The molecule has 2 amide bonds. The molecule has 1 saturated heterocycles. The van der Waals surface area contributed by atoms with Gasteiger partial charge in [0.15, 0.2) is 16.6 Å². The lowest BCUT2D eigenvalue weighted by atomic mass is 10.1. The Labute approximate surface area is 185 Å². The molecule has 1 aliphatic rings. The van der Waals surface area contributed by atoms with Crippen LogP contribution in [0.1, 0.15) is 11.1 Å². The molecule has 7 nitrogen and oxygen atoms in total. The maximum absolute atomic E-state index is 12.0. The van der Waals surface area contributed by atoms with E-state index in [2.05, 4.69) is 17.2 Å². The first kappa shape index (κ1) is 22.0. The number of hydrogen-bond acceptors (Lipinski definition) is 6. The molecule has 0 aromatic heterocycles. The topological polar surface area (TPSA) is 85.9 Å². The van der Waals surface area contributed by atoms with E-state index in [9.17, 15) is 9.59 Å². The van der Waals surface area contributed by atoms with E-state index in [1.165, 1.54) is 13.2 Å². The van der Waals surface area contributed by atoms with Crippen LogP contribution in [0, 0.1) is 0 Å². The molecule has 31 heavy (non-hydrogen) atoms. The zero-order valence-electron chi connectivity index (χ0n) is 17.0. The average molecular weight is 439 g/mol. The second-order valence-electron chi connectivity index (χ2n) is 6.50. The molecule has 8 heteroatoms. The first-order valence-corrected chi connectivity index (χ1v) is 9.93. The van der Waals surface area contributed by atoms with E-state index in [0.29, 0.717) is 30.3 Å². The number of nitrogens with one attached hydrogen (secondary N) is 2. The Kier molecular flexibility index (Phi) is 7.40. The molecular weight excluding hydrogens is 416 g/mol. The molecule has 1 heterocycles. The van der Waals surface area contributed by atoms with Gasteiger partial charge in [0.1, 0.15) is 24.5 Å². The molecule has 3 rings (SSSR count). The van der Waals surface area contributed by atoms with Crippen molar-refractivity contribution >= 4 is 35.2 Å². The van der Waals surface area contributed by atoms with Crippen molar-refractivity contribution in [1.29, 1.82) is 0 Å². The third kappa shape index (κ3) is 5.70. The fraction of sp³-hybridized carbons (Fsp3) is 0.174. The lowest BCUT2D eigenvalue weighted by Crippen LogP contribution is -2.51. The van der Waals surface area contributed by atoms with Crippen LogP contribution in [0.15, 0.2) is 60.7 Å². The Balaban J connectivity index is 1.64. The fourth-order valence-corrected chi connectivity index (χ4v) is 3.12. The van der Waals surface area contributed by atoms with Crippen LogP contribution in [0.5, 0.6) is 17.2 Å². The number of para-hydroxylation sites is 1. The summed E-state index contributed by atoms with van der Waals surface area (Å²) in [7, 11) is 1.51. The minimum Gasteiger partial charge on any atom is -0.493 e. The van der Waals surface area contributed by atoms with Crippen molar-refractivity contribution in [2.75, 3.05) is 20.3 Å². The van der Waals surface area contributed by atoms with Crippen LogP contribution in [-0.2, 0) is 16.0 Å². The quantitative estimate of drug-likeness (QED) is 0.206. The van der Waals surface area contributed by atoms with Gasteiger partial charge in [-0.3, -0.25) is 20.2 Å². The number of carbonyl (C=O) groups is 2. The summed E-state index contributed by atoms with van der Waals surface area (Å²) in [5.74, 6) is 0.673. The molecule has 0 atom stereocenters. The molecule has 0 spiro atoms. The summed E-state index contributed by atoms with van der Waals surface area (Å²) in [6, 6.07) is 12.9. The van der Waals surface area contributed by atoms with E-state index < -0.39 is 11.8 Å². The van der Waals surface area contributed by atoms with Crippen molar-refractivity contribution in [2.24, 2.45) is 0 Å². The molecule has 0 bridgehead atoms. The van der Waals surface area contributed by atoms with Crippen molar-refractivity contribution in [3.63, 3.8) is 0 Å². The van der Waals surface area contributed by atoms with Crippen molar-refractivity contribution in [3.05, 3.63) is 71.8 Å². The van der Waals surface area contributed by atoms with Gasteiger partial charge < -0.3 is 14.2 Å². The standard InChI is InChI=1S/C23H22N2O5S/c1-3-6-16-7-4-5-8-18(16)29-11-12-30-19-10-9-15(14-20(19)28-2)13-17-21(26)24-23(31)25-22(17)27/h3-5,7-10,13-14H,1,6,11-12H2,2H3,(H2,24,25,26,27,31). The first-order valence-electron chi connectivity index (χ1n) is 9.52. The maximum Gasteiger partial charge on any atom is 0.263 e. The van der Waals surface area contributed by atoms with Crippen LogP contribution >= 0.6 is 12.2 Å². The monoisotopic (exact) mass is 438 g/mol. The summed E-state index contributed by atoms with van der Waals surface area (Å²) in [5.41, 5.74) is 1.62. The predicted molar refractivity (Wildman–Crippen MR) is 121 cm³/mol. The van der Waals surface area contributed by atoms with E-state index >= 15 is 0 Å². The van der Waals surface area contributed by atoms with E-state index in [1.807, 2.05) is 30.3 Å². The maximum atomic E-state index is 12.0. The van der Waals surface area contributed by atoms with Gasteiger partial charge in [0.2, 0.25) is 0 Å². The number of allylic oxidation sites excluding steroid dienone is 1. The summed E-state index contributed by atoms with van der Waals surface area (Å²) >= 11 is 4.79. The smallest absolute Gasteiger partial charge is 0.263 e. The molecule has 1 fully saturated rings. The second kappa shape index (κ2) is 10.4. The van der Waals surface area contributed by atoms with E-state index in [0.717, 1.165) is 17.7 Å². The SMILES string of the molecule is C=CCc1ccccc1OCCOc1ccc(C=C2C(=O)NC(=S)NC2=O)cc1OC. The van der Waals surface area contributed by atoms with Crippen molar-refractivity contribution in [3.8, 4) is 17.2 Å². The molecule has 0 saturated carbocycles. The van der Waals surface area contributed by atoms with Gasteiger partial charge in [-0.15, -0.1) is 6.58 Å². The minimum atomic E-state index is -0.554. The molecule has 0 aliphatic carbocycles. The number of benzene rings is 2. The van der Waals surface area contributed by atoms with Crippen molar-refractivity contribution in [2.45, 2.75) is 6.42 Å². The first-order chi connectivity index (χ1) is 15.0. The summed E-state index contributed by atoms with van der Waals surface area (Å²) in [4.78, 5) is 24.0. The van der Waals surface area contributed by atoms with Gasteiger partial charge in [-0.05, 0) is 54.0 Å². The molecule has 0 unspecified atom stereocenters. The van der Waals surface area contributed by atoms with E-state index in [-0.39, 0.29) is 10.7 Å². The third-order valence-electron chi connectivity index (χ3n) is 4.38. The number of hydrogen-bond donors (Lipinski definition) is 2. The number of carbonyl (C=O) groups excluding carboxylic acids is 2. The zero-order valence-corrected chi connectivity index (χ0v) is 17.8. The number of thiocarbonyl (C=S) groups is 1. The number of methoxy groups -OCH3 is 1. The number of ether oxygens (including phenoxy) is 3. The van der Waals surface area contributed by atoms with Gasteiger partial charge in [0.05, 0.1) is 7.11 Å². The molecule has 0 radical (unpaired) electrons. The van der Waals surface area contributed by atoms with Crippen LogP contribution in [0.4, 0.5) is 0 Å². The molecule has 160 valence electrons. The van der Waals surface area contributed by atoms with Crippen LogP contribution in [0.25, 0.3) is 6.08 Å². The van der Waals surface area contributed by atoms with Gasteiger partial charge in [-0.1, -0.05) is 30.3 Å². The molecule has 2 aromatic rings. The Morgan fingerprint density at radius 2 is 1.65 bits per heavy atom. The second-order valence-corrected chi connectivity index (χ2v) is 6.91. The molecule has 2 N–H and O–H groups in total. The minimum absolute atomic E-state index is 0.0113. The summed E-state index contributed by atoms with van der Waals surface area (Å²) in [6.07, 6.45) is 4.01. The van der Waals surface area contributed by atoms with Crippen molar-refractivity contribution < 1.29 is 23.8 Å². The molecule has 1 aliphatic heterocycles. The van der Waals surface area contributed by atoms with Crippen LogP contribution < -0.4 is 24.8 Å². The van der Waals surface area contributed by atoms with Gasteiger partial charge >= 0.3 is 0 Å². The Morgan fingerprint density at radius 3 is 2.32 bits per heavy atom. The van der Waals surface area contributed by atoms with Crippen LogP contribution in [-0.4, -0.2) is 37.3 Å². The summed E-state index contributed by atoms with van der Waals surface area (Å²) < 4.78 is 17.0. The fourth-order valence-electron chi connectivity index (χ4n) is 2.94. The molecular formula is C23H22N2O5S. The third-order valence-corrected chi connectivity index (χ3v) is 4.58. The number of amides is 2. The summed E-state index contributed by atoms with van der Waals surface area (Å²) in [5, 5.41) is 4.78. The Bertz CT molecular complexity index is 1030. The highest BCUT2D eigenvalue weighted by Gasteiger charge is 2.25. The number of rotatable bonds is 9. The predicted octanol–water partition coefficient (Wildman–Crippen LogP) is 2.80. The van der Waals surface area contributed by atoms with Crippen LogP contribution in [0.2, 0.25) is 0 Å². The van der Waals surface area contributed by atoms with E-state index in [1.54, 1.807) is 18.2 Å². The Morgan fingerprint density at radius 1 is 0.968 bits per heavy atom. The zero-order chi connectivity index (χ0) is 22.2. The molecule has 2 aromatic carbocycles. The Hall–Kier alpha value is -3.65. The van der Waals surface area contributed by atoms with Gasteiger partial charge in [0.25, 0.3) is 11.8 Å². The highest BCUT2D eigenvalue weighted by Crippen LogP contribution is 2.29. The van der Waals surface area contributed by atoms with Crippen molar-refractivity contribution in [1.82, 2.24) is 10.6 Å². The van der Waals surface area contributed by atoms with Gasteiger partial charge in [-0.25, -0.2) is 0 Å². The summed E-state index contributed by atoms with van der Waals surface area (Å²) in [6.45, 7) is 4.42. The highest BCUT2D eigenvalue weighted by atomic mass is 32.1.